The minimum absolute atomic E-state index is 0.152. The van der Waals surface area contributed by atoms with Crippen LogP contribution in [0.2, 0.25) is 0 Å². The van der Waals surface area contributed by atoms with E-state index < -0.39 is 0 Å². The zero-order valence-corrected chi connectivity index (χ0v) is 31.2. The molecule has 1 aromatic heterocycles. The van der Waals surface area contributed by atoms with Crippen LogP contribution in [0.25, 0.3) is 33.5 Å². The van der Waals surface area contributed by atoms with Crippen LogP contribution in [0.4, 0.5) is 0 Å². The van der Waals surface area contributed by atoms with Gasteiger partial charge < -0.3 is 0 Å². The van der Waals surface area contributed by atoms with E-state index in [2.05, 4.69) is 123 Å². The van der Waals surface area contributed by atoms with Crippen molar-refractivity contribution in [3.8, 4) is 33.5 Å². The predicted molar refractivity (Wildman–Crippen MR) is 214 cm³/mol. The van der Waals surface area contributed by atoms with Gasteiger partial charge in [-0.3, -0.25) is 4.98 Å². The third-order valence-electron chi connectivity index (χ3n) is 15.4. The molecule has 8 aliphatic rings. The summed E-state index contributed by atoms with van der Waals surface area (Å²) in [5, 5.41) is 0. The number of hydrogen-bond donors (Lipinski definition) is 0. The number of pyridine rings is 1. The second kappa shape index (κ2) is 11.8. The molecule has 0 spiro atoms. The molecular weight excluding hydrogens is 627 g/mol. The van der Waals surface area contributed by atoms with Crippen LogP contribution in [-0.2, 0) is 10.8 Å². The summed E-state index contributed by atoms with van der Waals surface area (Å²) in [6, 6.07) is 42.4. The maximum Gasteiger partial charge on any atom is 0.0711 e. The zero-order chi connectivity index (χ0) is 34.6. The van der Waals surface area contributed by atoms with E-state index in [1.807, 2.05) is 0 Å². The van der Waals surface area contributed by atoms with Crippen LogP contribution in [0, 0.1) is 49.4 Å². The van der Waals surface area contributed by atoms with E-state index >= 15 is 0 Å². The first-order chi connectivity index (χ1) is 25.4. The van der Waals surface area contributed by atoms with E-state index in [4.69, 9.17) is 4.98 Å². The van der Waals surface area contributed by atoms with Crippen molar-refractivity contribution in [1.29, 1.82) is 0 Å². The first-order valence-corrected chi connectivity index (χ1v) is 20.8. The van der Waals surface area contributed by atoms with Crippen LogP contribution in [0.3, 0.4) is 0 Å². The first kappa shape index (κ1) is 31.5. The number of nitrogens with zero attached hydrogens (tertiary/aromatic N) is 1. The maximum absolute atomic E-state index is 5.75. The minimum atomic E-state index is 0.152. The molecule has 1 heteroatoms. The summed E-state index contributed by atoms with van der Waals surface area (Å²) in [5.74, 6) is 5.72. The molecule has 1 unspecified atom stereocenters. The Labute approximate surface area is 311 Å². The molecule has 8 aliphatic carbocycles. The van der Waals surface area contributed by atoms with Crippen LogP contribution >= 0.6 is 0 Å². The molecular formula is C51H53N. The van der Waals surface area contributed by atoms with Gasteiger partial charge in [0.1, 0.15) is 0 Å². The SMILES string of the molecule is Cc1cc(-c2ccccc2-c2cccc(C3C4C[C@H]5C[C@H](C4)CC3(c3cc(C)cc(-c4ccccc4)c3)C5)n2)cc(C23CC4CC(CC(C4)C2)C3)c1. The monoisotopic (exact) mass is 679 g/mol. The summed E-state index contributed by atoms with van der Waals surface area (Å²) in [6.45, 7) is 4.64. The van der Waals surface area contributed by atoms with Gasteiger partial charge in [0.2, 0.25) is 0 Å². The molecule has 0 N–H and O–H groups in total. The fraction of sp³-hybridized carbons (Fsp3) is 0.431. The van der Waals surface area contributed by atoms with Gasteiger partial charge in [-0.25, -0.2) is 0 Å². The van der Waals surface area contributed by atoms with Crippen LogP contribution in [0.15, 0.2) is 109 Å². The van der Waals surface area contributed by atoms with Gasteiger partial charge in [-0.05, 0) is 171 Å². The molecule has 1 nitrogen and oxygen atoms in total. The van der Waals surface area contributed by atoms with Crippen LogP contribution in [-0.4, -0.2) is 4.98 Å². The van der Waals surface area contributed by atoms with E-state index in [0.717, 1.165) is 35.3 Å². The molecule has 8 bridgehead atoms. The first-order valence-electron chi connectivity index (χ1n) is 20.8. The van der Waals surface area contributed by atoms with Gasteiger partial charge in [-0.2, -0.15) is 0 Å². The molecule has 0 aliphatic heterocycles. The lowest BCUT2D eigenvalue weighted by Gasteiger charge is -2.61. The Kier molecular flexibility index (Phi) is 7.14. The average molecular weight is 680 g/mol. The molecule has 0 amide bonds. The summed E-state index contributed by atoms with van der Waals surface area (Å²) in [4.78, 5) is 5.75. The quantitative estimate of drug-likeness (QED) is 0.174. The highest BCUT2D eigenvalue weighted by atomic mass is 14.8. The Morgan fingerprint density at radius 1 is 0.481 bits per heavy atom. The van der Waals surface area contributed by atoms with Crippen molar-refractivity contribution in [1.82, 2.24) is 4.98 Å². The lowest BCUT2D eigenvalue weighted by atomic mass is 9.43. The van der Waals surface area contributed by atoms with Crippen molar-refractivity contribution in [3.05, 3.63) is 137 Å². The third-order valence-corrected chi connectivity index (χ3v) is 15.4. The van der Waals surface area contributed by atoms with Crippen molar-refractivity contribution in [3.63, 3.8) is 0 Å². The second-order valence-electron chi connectivity index (χ2n) is 19.0. The highest BCUT2D eigenvalue weighted by molar-refractivity contribution is 5.82. The Hall–Kier alpha value is -3.97. The van der Waals surface area contributed by atoms with Crippen molar-refractivity contribution in [2.75, 3.05) is 0 Å². The van der Waals surface area contributed by atoms with E-state index in [1.165, 1.54) is 115 Å². The zero-order valence-electron chi connectivity index (χ0n) is 31.2. The Balaban J connectivity index is 0.998. The normalized spacial score (nSPS) is 33.8. The lowest BCUT2D eigenvalue weighted by Crippen LogP contribution is -2.54. The smallest absolute Gasteiger partial charge is 0.0711 e. The maximum atomic E-state index is 5.75. The number of benzene rings is 4. The van der Waals surface area contributed by atoms with Crippen molar-refractivity contribution < 1.29 is 0 Å². The summed E-state index contributed by atoms with van der Waals surface area (Å²) < 4.78 is 0. The molecule has 0 radical (unpaired) electrons. The van der Waals surface area contributed by atoms with E-state index in [1.54, 1.807) is 11.1 Å². The van der Waals surface area contributed by atoms with Crippen LogP contribution in [0.5, 0.6) is 0 Å². The average Bonchev–Trinajstić information content (AvgIpc) is 3.14. The number of hydrogen-bond acceptors (Lipinski definition) is 1. The molecule has 1 heterocycles. The molecule has 4 aromatic carbocycles. The molecule has 3 atom stereocenters. The number of aryl methyl sites for hydroxylation is 2. The molecule has 13 rings (SSSR count). The predicted octanol–water partition coefficient (Wildman–Crippen LogP) is 13.0. The van der Waals surface area contributed by atoms with Crippen molar-refractivity contribution >= 4 is 0 Å². The Morgan fingerprint density at radius 3 is 1.75 bits per heavy atom. The molecule has 8 fully saturated rings. The summed E-state index contributed by atoms with van der Waals surface area (Å²) >= 11 is 0. The van der Waals surface area contributed by atoms with Crippen molar-refractivity contribution in [2.24, 2.45) is 35.5 Å². The number of rotatable bonds is 6. The van der Waals surface area contributed by atoms with Gasteiger partial charge in [0.15, 0.2) is 0 Å². The topological polar surface area (TPSA) is 12.9 Å². The molecule has 52 heavy (non-hydrogen) atoms. The Morgan fingerprint density at radius 2 is 1.06 bits per heavy atom. The standard InChI is InChI=1S/C51H53N/c1-32-15-40(39-9-4-3-5-10-39)25-44(18-32)51-30-37-22-38(31-51)24-42(23-37)49(51)48-14-8-13-47(52-48)46-12-7-6-11-45(46)41-16-33(2)17-43(26-41)50-27-34-19-35(28-50)21-36(20-34)29-50/h3-18,25-26,34-38,42,49H,19-24,27-31H2,1-2H3/t34?,35?,36?,37-,38-,42?,49?,50?,51?/m1/s1. The van der Waals surface area contributed by atoms with Gasteiger partial charge >= 0.3 is 0 Å². The summed E-state index contributed by atoms with van der Waals surface area (Å²) in [7, 11) is 0. The molecule has 5 aromatic rings. The van der Waals surface area contributed by atoms with E-state index in [-0.39, 0.29) is 5.41 Å². The molecule has 262 valence electrons. The highest BCUT2D eigenvalue weighted by Gasteiger charge is 2.58. The molecule has 8 saturated carbocycles. The van der Waals surface area contributed by atoms with Gasteiger partial charge in [0, 0.05) is 22.6 Å². The third kappa shape index (κ3) is 5.04. The summed E-state index contributed by atoms with van der Waals surface area (Å²) in [5.41, 5.74) is 15.7. The highest BCUT2D eigenvalue weighted by Crippen LogP contribution is 2.67. The van der Waals surface area contributed by atoms with Crippen LogP contribution < -0.4 is 0 Å². The van der Waals surface area contributed by atoms with E-state index in [0.29, 0.717) is 17.3 Å². The second-order valence-corrected chi connectivity index (χ2v) is 19.0. The van der Waals surface area contributed by atoms with Gasteiger partial charge in [0.25, 0.3) is 0 Å². The fourth-order valence-electron chi connectivity index (χ4n) is 14.3. The van der Waals surface area contributed by atoms with E-state index in [9.17, 15) is 0 Å². The van der Waals surface area contributed by atoms with Crippen LogP contribution in [0.1, 0.15) is 104 Å². The lowest BCUT2D eigenvalue weighted by molar-refractivity contribution is -0.0293. The largest absolute Gasteiger partial charge is 0.252 e. The van der Waals surface area contributed by atoms with Crippen molar-refractivity contribution in [2.45, 2.75) is 101 Å². The molecule has 0 saturated heterocycles. The van der Waals surface area contributed by atoms with Gasteiger partial charge in [-0.1, -0.05) is 108 Å². The van der Waals surface area contributed by atoms with Gasteiger partial charge in [-0.15, -0.1) is 0 Å². The minimum Gasteiger partial charge on any atom is -0.252 e. The van der Waals surface area contributed by atoms with Gasteiger partial charge in [0.05, 0.1) is 5.69 Å². The Bertz CT molecular complexity index is 2120. The fourth-order valence-corrected chi connectivity index (χ4v) is 14.3. The number of aromatic nitrogens is 1. The summed E-state index contributed by atoms with van der Waals surface area (Å²) in [6.07, 6.45) is 15.5.